The molecule has 0 fully saturated rings. The van der Waals surface area contributed by atoms with Gasteiger partial charge in [0.2, 0.25) is 5.78 Å². The molecule has 1 aromatic rings. The number of nitrogens with one attached hydrogen (secondary N) is 1. The minimum Gasteiger partial charge on any atom is -0.483 e. The Morgan fingerprint density at radius 1 is 1.28 bits per heavy atom. The third-order valence-electron chi connectivity index (χ3n) is 3.98. The molecule has 1 aliphatic rings. The van der Waals surface area contributed by atoms with Crippen molar-refractivity contribution in [2.75, 3.05) is 7.05 Å². The lowest BCUT2D eigenvalue weighted by Gasteiger charge is -2.29. The number of hydrogen-bond acceptors (Lipinski definition) is 5. The zero-order valence-corrected chi connectivity index (χ0v) is 14.9. The van der Waals surface area contributed by atoms with Gasteiger partial charge in [-0.1, -0.05) is 30.3 Å². The zero-order valence-electron chi connectivity index (χ0n) is 14.9. The quantitative estimate of drug-likeness (QED) is 0.432. The number of ketones is 1. The number of rotatable bonds is 5. The molecule has 0 heterocycles. The lowest BCUT2D eigenvalue weighted by Crippen LogP contribution is -2.35. The smallest absolute Gasteiger partial charge is 0.243 e. The number of Topliss-reactive ketones (excluding diaryl/α,β-unsaturated/α-hetero) is 1. The van der Waals surface area contributed by atoms with Crippen LogP contribution in [0.5, 0.6) is 0 Å². The van der Waals surface area contributed by atoms with Gasteiger partial charge < -0.3 is 21.6 Å². The fraction of sp³-hybridized carbons (Fsp3) is 0.368. The van der Waals surface area contributed by atoms with Crippen molar-refractivity contribution in [3.05, 3.63) is 58.5 Å². The predicted octanol–water partition coefficient (Wildman–Crippen LogP) is 2.44. The monoisotopic (exact) mass is 347 g/mol. The van der Waals surface area contributed by atoms with Crippen LogP contribution in [0.15, 0.2) is 47.4 Å². The molecule has 0 aliphatic heterocycles. The summed E-state index contributed by atoms with van der Waals surface area (Å²) >= 11 is 0. The molecular weight excluding hydrogens is 321 g/mol. The van der Waals surface area contributed by atoms with Crippen molar-refractivity contribution in [3.63, 3.8) is 0 Å². The summed E-state index contributed by atoms with van der Waals surface area (Å²) in [6, 6.07) is 7.62. The van der Waals surface area contributed by atoms with E-state index in [1.807, 2.05) is 24.3 Å². The van der Waals surface area contributed by atoms with Crippen LogP contribution < -0.4 is 11.5 Å². The van der Waals surface area contributed by atoms with Gasteiger partial charge in [-0.2, -0.15) is 0 Å². The Bertz CT molecular complexity index is 683. The highest BCUT2D eigenvalue weighted by Crippen LogP contribution is 2.28. The lowest BCUT2D eigenvalue weighted by molar-refractivity contribution is -0.117. The van der Waals surface area contributed by atoms with Crippen LogP contribution in [0.1, 0.15) is 25.0 Å². The normalized spacial score (nSPS) is 20.4. The fourth-order valence-electron chi connectivity index (χ4n) is 2.56. The molecule has 6 heteroatoms. The number of fused-ring (bicyclic) bond motifs is 1. The van der Waals surface area contributed by atoms with E-state index in [4.69, 9.17) is 15.9 Å². The average molecular weight is 347 g/mol. The van der Waals surface area contributed by atoms with Gasteiger partial charge in [-0.05, 0) is 32.0 Å². The van der Waals surface area contributed by atoms with Crippen molar-refractivity contribution >= 4 is 12.0 Å². The molecule has 1 aromatic carbocycles. The standard InChI is InChI=1S/C18H21FN2O2.CH5N/c1-3-15(21)17(22)18(11(2)10-20)23-16-9-13-7-5-4-6-12(13)8-14(16)19;1-2/h3-7,10,14,16,20H,8-9,21H2,1-2H3;2H2,1H3/b15-3+,18-11+,20-10?;. The van der Waals surface area contributed by atoms with E-state index in [-0.39, 0.29) is 17.9 Å². The summed E-state index contributed by atoms with van der Waals surface area (Å²) in [6.45, 7) is 3.21. The Hall–Kier alpha value is -2.47. The van der Waals surface area contributed by atoms with Crippen molar-refractivity contribution in [1.29, 1.82) is 5.41 Å². The van der Waals surface area contributed by atoms with E-state index in [9.17, 15) is 9.18 Å². The third kappa shape index (κ3) is 5.00. The van der Waals surface area contributed by atoms with Crippen molar-refractivity contribution < 1.29 is 13.9 Å². The van der Waals surface area contributed by atoms with Crippen LogP contribution in [0.2, 0.25) is 0 Å². The SMILES string of the molecule is C/C=C(/N)C(=O)/C(OC1Cc2ccccc2CC1F)=C(/C)C=N.CN. The first kappa shape index (κ1) is 20.6. The van der Waals surface area contributed by atoms with Gasteiger partial charge in [-0.3, -0.25) is 4.79 Å². The Morgan fingerprint density at radius 3 is 2.36 bits per heavy atom. The topological polar surface area (TPSA) is 102 Å². The number of carbonyl (C=O) groups excluding carboxylic acids is 1. The first-order valence-corrected chi connectivity index (χ1v) is 8.11. The second-order valence-electron chi connectivity index (χ2n) is 5.58. The number of ether oxygens (including phenoxy) is 1. The molecule has 0 bridgehead atoms. The first-order chi connectivity index (χ1) is 12.0. The molecule has 0 radical (unpaired) electrons. The first-order valence-electron chi connectivity index (χ1n) is 8.11. The van der Waals surface area contributed by atoms with Crippen molar-refractivity contribution in [3.8, 4) is 0 Å². The maximum atomic E-state index is 14.4. The lowest BCUT2D eigenvalue weighted by atomic mass is 9.88. The maximum Gasteiger partial charge on any atom is 0.243 e. The molecule has 0 amide bonds. The Kier molecular flexibility index (Phi) is 8.01. The molecule has 1 aliphatic carbocycles. The summed E-state index contributed by atoms with van der Waals surface area (Å²) < 4.78 is 20.1. The third-order valence-corrected chi connectivity index (χ3v) is 3.98. The van der Waals surface area contributed by atoms with E-state index >= 15 is 0 Å². The van der Waals surface area contributed by atoms with Gasteiger partial charge in [0.25, 0.3) is 0 Å². The van der Waals surface area contributed by atoms with Crippen LogP contribution >= 0.6 is 0 Å². The highest BCUT2D eigenvalue weighted by Gasteiger charge is 2.32. The van der Waals surface area contributed by atoms with Crippen molar-refractivity contribution in [2.45, 2.75) is 39.0 Å². The Balaban J connectivity index is 0.00000151. The van der Waals surface area contributed by atoms with Gasteiger partial charge in [0, 0.05) is 24.6 Å². The summed E-state index contributed by atoms with van der Waals surface area (Å²) in [6.07, 6.45) is 1.15. The molecule has 2 atom stereocenters. The van der Waals surface area contributed by atoms with E-state index in [0.717, 1.165) is 17.3 Å². The van der Waals surface area contributed by atoms with E-state index in [2.05, 4.69) is 5.73 Å². The van der Waals surface area contributed by atoms with Gasteiger partial charge in [0.15, 0.2) is 5.76 Å². The Morgan fingerprint density at radius 2 is 1.84 bits per heavy atom. The van der Waals surface area contributed by atoms with Crippen LogP contribution in [0.25, 0.3) is 0 Å². The number of halogens is 1. The second-order valence-corrected chi connectivity index (χ2v) is 5.58. The van der Waals surface area contributed by atoms with Crippen molar-refractivity contribution in [1.82, 2.24) is 0 Å². The molecular formula is C19H26FN3O2. The number of alkyl halides is 1. The molecule has 0 saturated carbocycles. The molecule has 2 unspecified atom stereocenters. The number of hydrogen-bond donors (Lipinski definition) is 3. The molecule has 25 heavy (non-hydrogen) atoms. The van der Waals surface area contributed by atoms with E-state index in [1.165, 1.54) is 13.1 Å². The minimum absolute atomic E-state index is 0.0211. The largest absolute Gasteiger partial charge is 0.483 e. The number of allylic oxidation sites excluding steroid dienone is 2. The van der Waals surface area contributed by atoms with Crippen LogP contribution in [-0.4, -0.2) is 31.3 Å². The molecule has 2 rings (SSSR count). The second kappa shape index (κ2) is 9.74. The van der Waals surface area contributed by atoms with E-state index in [1.54, 1.807) is 13.8 Å². The van der Waals surface area contributed by atoms with Crippen LogP contribution in [0.4, 0.5) is 4.39 Å². The number of nitrogens with two attached hydrogens (primary N) is 2. The number of carbonyl (C=O) groups is 1. The van der Waals surface area contributed by atoms with Gasteiger partial charge in [-0.15, -0.1) is 0 Å². The van der Waals surface area contributed by atoms with Crippen LogP contribution in [0, 0.1) is 5.41 Å². The predicted molar refractivity (Wildman–Crippen MR) is 98.2 cm³/mol. The van der Waals surface area contributed by atoms with Crippen LogP contribution in [-0.2, 0) is 22.4 Å². The Labute approximate surface area is 148 Å². The summed E-state index contributed by atoms with van der Waals surface area (Å²) in [4.78, 5) is 12.3. The van der Waals surface area contributed by atoms with Crippen LogP contribution in [0.3, 0.4) is 0 Å². The summed E-state index contributed by atoms with van der Waals surface area (Å²) in [7, 11) is 1.50. The summed E-state index contributed by atoms with van der Waals surface area (Å²) in [5, 5.41) is 7.35. The van der Waals surface area contributed by atoms with E-state index in [0.29, 0.717) is 12.0 Å². The zero-order chi connectivity index (χ0) is 19.0. The average Bonchev–Trinajstić information content (AvgIpc) is 2.66. The van der Waals surface area contributed by atoms with E-state index < -0.39 is 18.1 Å². The van der Waals surface area contributed by atoms with Gasteiger partial charge in [-0.25, -0.2) is 4.39 Å². The maximum absolute atomic E-state index is 14.4. The molecule has 5 N–H and O–H groups in total. The van der Waals surface area contributed by atoms with Gasteiger partial charge in [0.05, 0.1) is 5.70 Å². The van der Waals surface area contributed by atoms with Gasteiger partial charge in [0.1, 0.15) is 12.3 Å². The van der Waals surface area contributed by atoms with Crippen molar-refractivity contribution in [2.24, 2.45) is 11.5 Å². The summed E-state index contributed by atoms with van der Waals surface area (Å²) in [5.41, 5.74) is 12.5. The molecule has 136 valence electrons. The molecule has 0 spiro atoms. The number of benzene rings is 1. The minimum atomic E-state index is -1.21. The molecule has 5 nitrogen and oxygen atoms in total. The van der Waals surface area contributed by atoms with Gasteiger partial charge >= 0.3 is 0 Å². The highest BCUT2D eigenvalue weighted by atomic mass is 19.1. The fourth-order valence-corrected chi connectivity index (χ4v) is 2.56. The molecule has 0 saturated heterocycles. The highest BCUT2D eigenvalue weighted by molar-refractivity contribution is 6.08. The summed E-state index contributed by atoms with van der Waals surface area (Å²) in [5.74, 6) is -0.567. The molecule has 0 aromatic heterocycles.